The zero-order valence-corrected chi connectivity index (χ0v) is 12.0. The summed E-state index contributed by atoms with van der Waals surface area (Å²) in [5, 5.41) is 3.29. The number of nitrogens with zero attached hydrogens (tertiary/aromatic N) is 2. The van der Waals surface area contributed by atoms with Gasteiger partial charge in [-0.15, -0.1) is 0 Å². The summed E-state index contributed by atoms with van der Waals surface area (Å²) in [6.45, 7) is 5.31. The molecule has 2 aromatic rings. The third kappa shape index (κ3) is 2.69. The van der Waals surface area contributed by atoms with Gasteiger partial charge >= 0.3 is 0 Å². The fraction of sp³-hybridized carbons (Fsp3) is 0.333. The van der Waals surface area contributed by atoms with Gasteiger partial charge in [0.05, 0.1) is 12.2 Å². The van der Waals surface area contributed by atoms with Crippen LogP contribution in [0.5, 0.6) is 17.4 Å². The second kappa shape index (κ2) is 5.87. The summed E-state index contributed by atoms with van der Waals surface area (Å²) in [5.74, 6) is 2.93. The van der Waals surface area contributed by atoms with Gasteiger partial charge in [-0.3, -0.25) is 0 Å². The van der Waals surface area contributed by atoms with E-state index in [-0.39, 0.29) is 6.79 Å². The standard InChI is InChI=1S/C15H17N3O3/c1-3-19-15-10(2)14(17-8-18-15)16-7-11-5-4-6-12-13(11)21-9-20-12/h4-6,8H,3,7,9H2,1-2H3,(H,16,17,18). The quantitative estimate of drug-likeness (QED) is 0.911. The molecule has 0 unspecified atom stereocenters. The smallest absolute Gasteiger partial charge is 0.231 e. The highest BCUT2D eigenvalue weighted by atomic mass is 16.7. The van der Waals surface area contributed by atoms with Gasteiger partial charge in [0.25, 0.3) is 0 Å². The first-order valence-electron chi connectivity index (χ1n) is 6.85. The number of nitrogens with one attached hydrogen (secondary N) is 1. The number of hydrogen-bond donors (Lipinski definition) is 1. The molecular weight excluding hydrogens is 270 g/mol. The van der Waals surface area contributed by atoms with E-state index < -0.39 is 0 Å². The lowest BCUT2D eigenvalue weighted by Gasteiger charge is -2.12. The molecule has 0 aliphatic carbocycles. The van der Waals surface area contributed by atoms with Gasteiger partial charge in [-0.2, -0.15) is 0 Å². The van der Waals surface area contributed by atoms with E-state index in [1.54, 1.807) is 0 Å². The van der Waals surface area contributed by atoms with E-state index >= 15 is 0 Å². The maximum absolute atomic E-state index is 5.49. The zero-order valence-electron chi connectivity index (χ0n) is 12.0. The van der Waals surface area contributed by atoms with Gasteiger partial charge in [-0.1, -0.05) is 12.1 Å². The average molecular weight is 287 g/mol. The van der Waals surface area contributed by atoms with Crippen molar-refractivity contribution in [2.24, 2.45) is 0 Å². The highest BCUT2D eigenvalue weighted by molar-refractivity contribution is 5.52. The number of benzene rings is 1. The van der Waals surface area contributed by atoms with Crippen molar-refractivity contribution in [1.29, 1.82) is 0 Å². The summed E-state index contributed by atoms with van der Waals surface area (Å²) in [5.41, 5.74) is 1.92. The van der Waals surface area contributed by atoms with E-state index in [1.807, 2.05) is 32.0 Å². The average Bonchev–Trinajstić information content (AvgIpc) is 2.97. The first kappa shape index (κ1) is 13.5. The molecule has 1 aliphatic heterocycles. The molecule has 0 amide bonds. The molecule has 0 spiro atoms. The minimum Gasteiger partial charge on any atom is -0.478 e. The van der Waals surface area contributed by atoms with Crippen LogP contribution in [0.15, 0.2) is 24.5 Å². The molecule has 21 heavy (non-hydrogen) atoms. The molecule has 0 atom stereocenters. The van der Waals surface area contributed by atoms with Crippen molar-refractivity contribution in [1.82, 2.24) is 9.97 Å². The van der Waals surface area contributed by atoms with Gasteiger partial charge < -0.3 is 19.5 Å². The van der Waals surface area contributed by atoms with Crippen LogP contribution >= 0.6 is 0 Å². The fourth-order valence-electron chi connectivity index (χ4n) is 2.20. The van der Waals surface area contributed by atoms with Crippen LogP contribution in [0.25, 0.3) is 0 Å². The molecule has 3 rings (SSSR count). The van der Waals surface area contributed by atoms with Crippen molar-refractivity contribution in [3.8, 4) is 17.4 Å². The normalized spacial score (nSPS) is 12.3. The van der Waals surface area contributed by atoms with Crippen LogP contribution in [0, 0.1) is 6.92 Å². The van der Waals surface area contributed by atoms with E-state index in [4.69, 9.17) is 14.2 Å². The first-order chi connectivity index (χ1) is 10.3. The zero-order chi connectivity index (χ0) is 14.7. The SMILES string of the molecule is CCOc1ncnc(NCc2cccc3c2OCO3)c1C. The number of aromatic nitrogens is 2. The van der Waals surface area contributed by atoms with Crippen molar-refractivity contribution in [2.45, 2.75) is 20.4 Å². The topological polar surface area (TPSA) is 65.5 Å². The number of anilines is 1. The molecule has 0 radical (unpaired) electrons. The van der Waals surface area contributed by atoms with Gasteiger partial charge in [0.15, 0.2) is 11.5 Å². The lowest BCUT2D eigenvalue weighted by atomic mass is 10.2. The van der Waals surface area contributed by atoms with Crippen molar-refractivity contribution in [3.05, 3.63) is 35.7 Å². The Bertz CT molecular complexity index is 646. The molecular formula is C15H17N3O3. The van der Waals surface area contributed by atoms with Crippen LogP contribution in [-0.2, 0) is 6.54 Å². The molecule has 0 fully saturated rings. The minimum atomic E-state index is 0.271. The van der Waals surface area contributed by atoms with Crippen molar-refractivity contribution in [3.63, 3.8) is 0 Å². The van der Waals surface area contributed by atoms with Gasteiger partial charge in [0.2, 0.25) is 12.7 Å². The lowest BCUT2D eigenvalue weighted by Crippen LogP contribution is -2.06. The molecule has 0 saturated heterocycles. The molecule has 0 bridgehead atoms. The van der Waals surface area contributed by atoms with Crippen LogP contribution in [-0.4, -0.2) is 23.4 Å². The Morgan fingerprint density at radius 2 is 2.19 bits per heavy atom. The summed E-state index contributed by atoms with van der Waals surface area (Å²) in [7, 11) is 0. The van der Waals surface area contributed by atoms with E-state index in [2.05, 4.69) is 15.3 Å². The summed E-state index contributed by atoms with van der Waals surface area (Å²) < 4.78 is 16.3. The van der Waals surface area contributed by atoms with Gasteiger partial charge in [-0.25, -0.2) is 9.97 Å². The molecule has 1 aromatic heterocycles. The fourth-order valence-corrected chi connectivity index (χ4v) is 2.20. The van der Waals surface area contributed by atoms with Crippen LogP contribution in [0.4, 0.5) is 5.82 Å². The Morgan fingerprint density at radius 1 is 1.29 bits per heavy atom. The Morgan fingerprint density at radius 3 is 3.05 bits per heavy atom. The predicted molar refractivity (Wildman–Crippen MR) is 77.8 cm³/mol. The van der Waals surface area contributed by atoms with E-state index in [0.717, 1.165) is 28.4 Å². The molecule has 2 heterocycles. The van der Waals surface area contributed by atoms with Crippen molar-refractivity contribution >= 4 is 5.82 Å². The predicted octanol–water partition coefficient (Wildman–Crippen LogP) is 2.52. The largest absolute Gasteiger partial charge is 0.478 e. The van der Waals surface area contributed by atoms with E-state index in [9.17, 15) is 0 Å². The first-order valence-corrected chi connectivity index (χ1v) is 6.85. The second-order valence-electron chi connectivity index (χ2n) is 4.59. The number of para-hydroxylation sites is 1. The third-order valence-electron chi connectivity index (χ3n) is 3.24. The Hall–Kier alpha value is -2.50. The van der Waals surface area contributed by atoms with Crippen molar-refractivity contribution in [2.75, 3.05) is 18.7 Å². The molecule has 1 N–H and O–H groups in total. The lowest BCUT2D eigenvalue weighted by molar-refractivity contribution is 0.173. The Balaban J connectivity index is 1.77. The van der Waals surface area contributed by atoms with Crippen LogP contribution in [0.2, 0.25) is 0 Å². The summed E-state index contributed by atoms with van der Waals surface area (Å²) >= 11 is 0. The highest BCUT2D eigenvalue weighted by Gasteiger charge is 2.17. The number of rotatable bonds is 5. The molecule has 110 valence electrons. The molecule has 1 aliphatic rings. The maximum atomic E-state index is 5.49. The summed E-state index contributed by atoms with van der Waals surface area (Å²) in [6.07, 6.45) is 1.50. The van der Waals surface area contributed by atoms with E-state index in [0.29, 0.717) is 19.0 Å². The third-order valence-corrected chi connectivity index (χ3v) is 3.24. The van der Waals surface area contributed by atoms with Crippen LogP contribution < -0.4 is 19.5 Å². The molecule has 1 aromatic carbocycles. The van der Waals surface area contributed by atoms with Crippen LogP contribution in [0.3, 0.4) is 0 Å². The van der Waals surface area contributed by atoms with Gasteiger partial charge in [0.1, 0.15) is 12.1 Å². The van der Waals surface area contributed by atoms with Gasteiger partial charge in [0, 0.05) is 12.1 Å². The summed E-state index contributed by atoms with van der Waals surface area (Å²) in [6, 6.07) is 5.85. The second-order valence-corrected chi connectivity index (χ2v) is 4.59. The number of ether oxygens (including phenoxy) is 3. The Kier molecular flexibility index (Phi) is 3.77. The number of fused-ring (bicyclic) bond motifs is 1. The molecule has 0 saturated carbocycles. The number of hydrogen-bond acceptors (Lipinski definition) is 6. The molecule has 6 heteroatoms. The van der Waals surface area contributed by atoms with Gasteiger partial charge in [-0.05, 0) is 19.9 Å². The van der Waals surface area contributed by atoms with Crippen molar-refractivity contribution < 1.29 is 14.2 Å². The molecule has 6 nitrogen and oxygen atoms in total. The summed E-state index contributed by atoms with van der Waals surface area (Å²) in [4.78, 5) is 8.38. The van der Waals surface area contributed by atoms with Crippen LogP contribution in [0.1, 0.15) is 18.1 Å². The maximum Gasteiger partial charge on any atom is 0.231 e. The highest BCUT2D eigenvalue weighted by Crippen LogP contribution is 2.35. The monoisotopic (exact) mass is 287 g/mol. The minimum absolute atomic E-state index is 0.271. The Labute approximate surface area is 123 Å². The van der Waals surface area contributed by atoms with E-state index in [1.165, 1.54) is 6.33 Å².